The highest BCUT2D eigenvalue weighted by Crippen LogP contribution is 2.41. The van der Waals surface area contributed by atoms with Gasteiger partial charge in [0.05, 0.1) is 6.33 Å². The Bertz CT molecular complexity index is 1060. The Morgan fingerprint density at radius 2 is 1.94 bits per heavy atom. The third kappa shape index (κ3) is 4.61. The van der Waals surface area contributed by atoms with E-state index in [0.29, 0.717) is 12.1 Å². The molecule has 0 bridgehead atoms. The highest BCUT2D eigenvalue weighted by atomic mass is 31.1. The van der Waals surface area contributed by atoms with Gasteiger partial charge in [-0.3, -0.25) is 0 Å². The van der Waals surface area contributed by atoms with E-state index in [1.807, 2.05) is 17.9 Å². The van der Waals surface area contributed by atoms with Crippen LogP contribution in [-0.4, -0.2) is 68.0 Å². The first-order valence-electron chi connectivity index (χ1n) is 13.3. The number of piperidine rings is 1. The van der Waals surface area contributed by atoms with Crippen LogP contribution < -0.4 is 10.6 Å². The maximum atomic E-state index is 4.51. The topological polar surface area (TPSA) is 70.9 Å². The molecule has 2 aromatic heterocycles. The van der Waals surface area contributed by atoms with Crippen molar-refractivity contribution in [2.45, 2.75) is 69.1 Å². The Kier molecular flexibility index (Phi) is 6.58. The van der Waals surface area contributed by atoms with E-state index in [-0.39, 0.29) is 0 Å². The van der Waals surface area contributed by atoms with Crippen molar-refractivity contribution in [3.63, 3.8) is 0 Å². The predicted octanol–water partition coefficient (Wildman–Crippen LogP) is 4.05. The third-order valence-electron chi connectivity index (χ3n) is 8.24. The lowest BCUT2D eigenvalue weighted by atomic mass is 9.80. The summed E-state index contributed by atoms with van der Waals surface area (Å²) < 4.78 is 1.96. The van der Waals surface area contributed by atoms with E-state index < -0.39 is 0 Å². The SMILES string of the molecule is Cn1cnc2c(N[C@H]3CC[C@@H](CC4=CC(N5CCCCC5)=CC5NCCPC45)CC3)ncnc21. The number of fused-ring (bicyclic) bond motifs is 2. The van der Waals surface area contributed by atoms with Crippen LogP contribution in [0.4, 0.5) is 5.82 Å². The van der Waals surface area contributed by atoms with Crippen molar-refractivity contribution >= 4 is 25.6 Å². The van der Waals surface area contributed by atoms with Crippen molar-refractivity contribution < 1.29 is 0 Å². The number of aryl methyl sites for hydroxylation is 1. The number of nitrogens with one attached hydrogen (secondary N) is 2. The number of allylic oxidation sites excluding steroid dienone is 1. The molecule has 0 spiro atoms. The molecule has 4 aliphatic rings. The van der Waals surface area contributed by atoms with E-state index >= 15 is 0 Å². The average molecular weight is 480 g/mol. The Balaban J connectivity index is 1.10. The molecule has 0 radical (unpaired) electrons. The van der Waals surface area contributed by atoms with E-state index in [9.17, 15) is 0 Å². The normalized spacial score (nSPS) is 30.7. The number of aromatic nitrogens is 4. The first-order chi connectivity index (χ1) is 16.7. The van der Waals surface area contributed by atoms with Crippen LogP contribution in [0.15, 0.2) is 36.1 Å². The first kappa shape index (κ1) is 22.5. The van der Waals surface area contributed by atoms with Gasteiger partial charge >= 0.3 is 0 Å². The summed E-state index contributed by atoms with van der Waals surface area (Å²) in [4.78, 5) is 16.0. The maximum absolute atomic E-state index is 4.51. The average Bonchev–Trinajstić information content (AvgIpc) is 3.27. The largest absolute Gasteiger partial charge is 0.372 e. The van der Waals surface area contributed by atoms with Gasteiger partial charge < -0.3 is 20.1 Å². The standard InChI is InChI=1S/C26H38N7P/c1-32-17-30-23-25(28-16-29-26(23)32)31-20-7-5-18(6-8-20)13-19-14-21(33-10-3-2-4-11-33)15-22-24(19)34-12-9-27-22/h14-18,20,22,24,27,34H,2-13H2,1H3,(H,28,29,31)/t18-,20+,22?,24?. The first-order valence-corrected chi connectivity index (χ1v) is 14.6. The van der Waals surface area contributed by atoms with Crippen molar-refractivity contribution in [3.05, 3.63) is 36.1 Å². The van der Waals surface area contributed by atoms with Crippen molar-refractivity contribution in [3.8, 4) is 0 Å². The summed E-state index contributed by atoms with van der Waals surface area (Å²) in [6.07, 6.45) is 20.3. The Morgan fingerprint density at radius 3 is 2.79 bits per heavy atom. The van der Waals surface area contributed by atoms with E-state index in [0.717, 1.165) is 37.1 Å². The van der Waals surface area contributed by atoms with E-state index in [2.05, 4.69) is 42.6 Å². The summed E-state index contributed by atoms with van der Waals surface area (Å²) in [7, 11) is 3.05. The fourth-order valence-corrected chi connectivity index (χ4v) is 7.89. The lowest BCUT2D eigenvalue weighted by Crippen LogP contribution is -2.45. The van der Waals surface area contributed by atoms with Crippen LogP contribution in [0, 0.1) is 5.92 Å². The van der Waals surface area contributed by atoms with Gasteiger partial charge in [0.2, 0.25) is 0 Å². The van der Waals surface area contributed by atoms with Gasteiger partial charge in [-0.25, -0.2) is 15.0 Å². The zero-order chi connectivity index (χ0) is 22.9. The molecule has 3 atom stereocenters. The quantitative estimate of drug-likeness (QED) is 0.631. The van der Waals surface area contributed by atoms with Gasteiger partial charge in [0.1, 0.15) is 11.8 Å². The fourth-order valence-electron chi connectivity index (χ4n) is 6.36. The highest BCUT2D eigenvalue weighted by Gasteiger charge is 2.33. The zero-order valence-corrected chi connectivity index (χ0v) is 21.3. The van der Waals surface area contributed by atoms with Crippen molar-refractivity contribution in [1.29, 1.82) is 0 Å². The molecule has 6 rings (SSSR count). The fraction of sp³-hybridized carbons (Fsp3) is 0.654. The van der Waals surface area contributed by atoms with Gasteiger partial charge in [-0.1, -0.05) is 5.57 Å². The minimum Gasteiger partial charge on any atom is -0.372 e. The van der Waals surface area contributed by atoms with E-state index in [1.165, 1.54) is 82.9 Å². The molecule has 3 fully saturated rings. The van der Waals surface area contributed by atoms with Crippen LogP contribution in [0.2, 0.25) is 0 Å². The second-order valence-electron chi connectivity index (χ2n) is 10.6. The van der Waals surface area contributed by atoms with Crippen molar-refractivity contribution in [1.82, 2.24) is 29.7 Å². The second kappa shape index (κ2) is 9.94. The number of likely N-dealkylation sites (tertiary alicyclic amines) is 1. The smallest absolute Gasteiger partial charge is 0.165 e. The van der Waals surface area contributed by atoms with Gasteiger partial charge in [0, 0.05) is 43.6 Å². The summed E-state index contributed by atoms with van der Waals surface area (Å²) in [6, 6.07) is 1.03. The Morgan fingerprint density at radius 1 is 1.09 bits per heavy atom. The molecule has 2 aliphatic heterocycles. The summed E-state index contributed by atoms with van der Waals surface area (Å²) in [5.74, 6) is 1.69. The summed E-state index contributed by atoms with van der Waals surface area (Å²) >= 11 is 0. The van der Waals surface area contributed by atoms with Gasteiger partial charge in [-0.2, -0.15) is 0 Å². The number of imidazole rings is 1. The molecule has 34 heavy (non-hydrogen) atoms. The molecule has 0 amide bonds. The summed E-state index contributed by atoms with van der Waals surface area (Å²) in [5, 5.41) is 7.53. The molecule has 4 heterocycles. The molecule has 8 heteroatoms. The molecule has 2 saturated heterocycles. The lowest BCUT2D eigenvalue weighted by molar-refractivity contribution is 0.287. The van der Waals surface area contributed by atoms with Gasteiger partial charge in [0.25, 0.3) is 0 Å². The minimum atomic E-state index is 0.478. The number of hydrogen-bond donors (Lipinski definition) is 2. The molecule has 3 unspecified atom stereocenters. The van der Waals surface area contributed by atoms with Gasteiger partial charge in [-0.05, 0) is 82.1 Å². The van der Waals surface area contributed by atoms with Crippen LogP contribution in [0.5, 0.6) is 0 Å². The third-order valence-corrected chi connectivity index (χ3v) is 9.95. The van der Waals surface area contributed by atoms with Crippen molar-refractivity contribution in [2.75, 3.05) is 31.1 Å². The molecule has 182 valence electrons. The highest BCUT2D eigenvalue weighted by molar-refractivity contribution is 7.39. The van der Waals surface area contributed by atoms with Crippen molar-refractivity contribution in [2.24, 2.45) is 13.0 Å². The second-order valence-corrected chi connectivity index (χ2v) is 12.1. The van der Waals surface area contributed by atoms with Crippen LogP contribution in [0.25, 0.3) is 11.2 Å². The van der Waals surface area contributed by atoms with Gasteiger partial charge in [0.15, 0.2) is 11.5 Å². The molecule has 2 N–H and O–H groups in total. The number of nitrogens with zero attached hydrogens (tertiary/aromatic N) is 5. The van der Waals surface area contributed by atoms with Crippen LogP contribution >= 0.6 is 8.58 Å². The molecular formula is C26H38N7P. The zero-order valence-electron chi connectivity index (χ0n) is 20.3. The Labute approximate surface area is 204 Å². The summed E-state index contributed by atoms with van der Waals surface area (Å²) in [6.45, 7) is 3.65. The molecule has 0 aromatic carbocycles. The predicted molar refractivity (Wildman–Crippen MR) is 141 cm³/mol. The Hall–Kier alpha value is -1.98. The monoisotopic (exact) mass is 479 g/mol. The lowest BCUT2D eigenvalue weighted by Gasteiger charge is -2.41. The molecule has 2 aliphatic carbocycles. The van der Waals surface area contributed by atoms with Crippen LogP contribution in [0.3, 0.4) is 0 Å². The molecule has 2 aromatic rings. The van der Waals surface area contributed by atoms with E-state index in [1.54, 1.807) is 11.9 Å². The number of anilines is 1. The molecular weight excluding hydrogens is 441 g/mol. The number of hydrogen-bond acceptors (Lipinski definition) is 6. The van der Waals surface area contributed by atoms with Gasteiger partial charge in [-0.15, -0.1) is 8.58 Å². The van der Waals surface area contributed by atoms with E-state index in [4.69, 9.17) is 0 Å². The van der Waals surface area contributed by atoms with Crippen LogP contribution in [0.1, 0.15) is 51.4 Å². The molecule has 7 nitrogen and oxygen atoms in total. The number of rotatable bonds is 5. The maximum Gasteiger partial charge on any atom is 0.165 e. The minimum absolute atomic E-state index is 0.478. The summed E-state index contributed by atoms with van der Waals surface area (Å²) in [5.41, 5.74) is 5.75. The molecule has 1 saturated carbocycles. The van der Waals surface area contributed by atoms with Crippen LogP contribution in [-0.2, 0) is 7.05 Å².